The topological polar surface area (TPSA) is 12.0 Å². The van der Waals surface area contributed by atoms with Gasteiger partial charge in [0.15, 0.2) is 0 Å². The first-order valence-corrected chi connectivity index (χ1v) is 6.96. The summed E-state index contributed by atoms with van der Waals surface area (Å²) in [6.07, 6.45) is 0. The molecule has 3 rings (SSSR count). The number of nitrogens with one attached hydrogen (secondary N) is 1. The van der Waals surface area contributed by atoms with Crippen LogP contribution in [-0.4, -0.2) is 7.05 Å². The quantitative estimate of drug-likeness (QED) is 0.734. The van der Waals surface area contributed by atoms with Gasteiger partial charge in [0.1, 0.15) is 0 Å². The summed E-state index contributed by atoms with van der Waals surface area (Å²) in [4.78, 5) is 0. The normalized spacial score (nSPS) is 10.9. The summed E-state index contributed by atoms with van der Waals surface area (Å²) in [5.41, 5.74) is 3.96. The Kier molecular flexibility index (Phi) is 3.13. The third kappa shape index (κ3) is 2.05. The van der Waals surface area contributed by atoms with Crippen LogP contribution >= 0.6 is 11.3 Å². The van der Waals surface area contributed by atoms with Crippen molar-refractivity contribution in [2.45, 2.75) is 6.54 Å². The first-order chi connectivity index (χ1) is 8.88. The van der Waals surface area contributed by atoms with E-state index in [1.54, 1.807) is 0 Å². The fraction of sp³-hybridized carbons (Fsp3) is 0.125. The Balaban J connectivity index is 2.13. The lowest BCUT2D eigenvalue weighted by atomic mass is 10.0. The molecule has 0 saturated heterocycles. The summed E-state index contributed by atoms with van der Waals surface area (Å²) < 4.78 is 1.37. The number of thiophene rings is 1. The van der Waals surface area contributed by atoms with E-state index in [0.29, 0.717) is 0 Å². The second-order valence-electron chi connectivity index (χ2n) is 4.38. The summed E-state index contributed by atoms with van der Waals surface area (Å²) in [5, 5.41) is 6.69. The highest BCUT2D eigenvalue weighted by atomic mass is 32.1. The molecule has 18 heavy (non-hydrogen) atoms. The predicted molar refractivity (Wildman–Crippen MR) is 80.0 cm³/mol. The van der Waals surface area contributed by atoms with Gasteiger partial charge in [0, 0.05) is 11.2 Å². The molecule has 0 saturated carbocycles. The minimum absolute atomic E-state index is 0.911. The Hall–Kier alpha value is -1.64. The van der Waals surface area contributed by atoms with E-state index >= 15 is 0 Å². The SMILES string of the molecule is CNCc1cccc(-c2cccc3ccsc23)c1. The van der Waals surface area contributed by atoms with Gasteiger partial charge in [0.05, 0.1) is 0 Å². The van der Waals surface area contributed by atoms with Crippen molar-refractivity contribution in [1.29, 1.82) is 0 Å². The van der Waals surface area contributed by atoms with Gasteiger partial charge in [-0.2, -0.15) is 0 Å². The Labute approximate surface area is 111 Å². The fourth-order valence-electron chi connectivity index (χ4n) is 2.27. The Morgan fingerprint density at radius 3 is 2.83 bits per heavy atom. The maximum Gasteiger partial charge on any atom is 0.0421 e. The van der Waals surface area contributed by atoms with Crippen molar-refractivity contribution in [3.8, 4) is 11.1 Å². The van der Waals surface area contributed by atoms with Crippen LogP contribution in [0.1, 0.15) is 5.56 Å². The molecule has 0 aliphatic heterocycles. The third-order valence-electron chi connectivity index (χ3n) is 3.10. The molecule has 0 unspecified atom stereocenters. The van der Waals surface area contributed by atoms with Crippen molar-refractivity contribution < 1.29 is 0 Å². The van der Waals surface area contributed by atoms with Gasteiger partial charge < -0.3 is 5.32 Å². The molecule has 0 amide bonds. The van der Waals surface area contributed by atoms with Crippen molar-refractivity contribution in [1.82, 2.24) is 5.32 Å². The average Bonchev–Trinajstić information content (AvgIpc) is 2.87. The van der Waals surface area contributed by atoms with Gasteiger partial charge in [0.2, 0.25) is 0 Å². The lowest BCUT2D eigenvalue weighted by Gasteiger charge is -2.06. The first-order valence-electron chi connectivity index (χ1n) is 6.08. The highest BCUT2D eigenvalue weighted by Crippen LogP contribution is 2.32. The summed E-state index contributed by atoms with van der Waals surface area (Å²) in [6.45, 7) is 0.911. The molecule has 0 fully saturated rings. The van der Waals surface area contributed by atoms with Gasteiger partial charge in [-0.15, -0.1) is 11.3 Å². The fourth-order valence-corrected chi connectivity index (χ4v) is 3.21. The van der Waals surface area contributed by atoms with Gasteiger partial charge >= 0.3 is 0 Å². The van der Waals surface area contributed by atoms with E-state index in [1.807, 2.05) is 18.4 Å². The maximum atomic E-state index is 3.20. The van der Waals surface area contributed by atoms with Crippen molar-refractivity contribution >= 4 is 21.4 Å². The maximum absolute atomic E-state index is 3.20. The van der Waals surface area contributed by atoms with E-state index in [2.05, 4.69) is 59.2 Å². The molecular formula is C16H15NS. The molecule has 0 radical (unpaired) electrons. The van der Waals surface area contributed by atoms with Crippen LogP contribution in [0.3, 0.4) is 0 Å². The molecule has 3 aromatic rings. The molecule has 1 aromatic heterocycles. The number of rotatable bonds is 3. The minimum atomic E-state index is 0.911. The monoisotopic (exact) mass is 253 g/mol. The molecule has 0 aliphatic rings. The summed E-state index contributed by atoms with van der Waals surface area (Å²) in [7, 11) is 1.98. The Morgan fingerprint density at radius 2 is 1.94 bits per heavy atom. The van der Waals surface area contributed by atoms with Gasteiger partial charge in [-0.3, -0.25) is 0 Å². The highest BCUT2D eigenvalue weighted by molar-refractivity contribution is 7.17. The second-order valence-corrected chi connectivity index (χ2v) is 5.29. The van der Waals surface area contributed by atoms with E-state index in [1.165, 1.54) is 26.8 Å². The zero-order valence-corrected chi connectivity index (χ0v) is 11.1. The lowest BCUT2D eigenvalue weighted by Crippen LogP contribution is -2.04. The predicted octanol–water partition coefficient (Wildman–Crippen LogP) is 4.29. The van der Waals surface area contributed by atoms with Crippen LogP contribution in [0.25, 0.3) is 21.2 Å². The molecule has 0 atom stereocenters. The van der Waals surface area contributed by atoms with Gasteiger partial charge in [-0.05, 0) is 46.6 Å². The minimum Gasteiger partial charge on any atom is -0.316 e. The van der Waals surface area contributed by atoms with Crippen molar-refractivity contribution in [2.75, 3.05) is 7.05 Å². The van der Waals surface area contributed by atoms with Gasteiger partial charge in [-0.25, -0.2) is 0 Å². The van der Waals surface area contributed by atoms with Crippen LogP contribution < -0.4 is 5.32 Å². The highest BCUT2D eigenvalue weighted by Gasteiger charge is 2.05. The standard InChI is InChI=1S/C16H15NS/c1-17-11-12-4-2-6-14(10-12)15-7-3-5-13-8-9-18-16(13)15/h2-10,17H,11H2,1H3. The molecule has 1 N–H and O–H groups in total. The smallest absolute Gasteiger partial charge is 0.0421 e. The largest absolute Gasteiger partial charge is 0.316 e. The molecular weight excluding hydrogens is 238 g/mol. The Morgan fingerprint density at radius 1 is 1.06 bits per heavy atom. The molecule has 0 aliphatic carbocycles. The average molecular weight is 253 g/mol. The van der Waals surface area contributed by atoms with Crippen LogP contribution in [0, 0.1) is 0 Å². The molecule has 1 heterocycles. The summed E-state index contributed by atoms with van der Waals surface area (Å²) >= 11 is 1.81. The van der Waals surface area contributed by atoms with E-state index in [0.717, 1.165) is 6.54 Å². The molecule has 90 valence electrons. The van der Waals surface area contributed by atoms with Gasteiger partial charge in [-0.1, -0.05) is 36.4 Å². The number of hydrogen-bond donors (Lipinski definition) is 1. The zero-order chi connectivity index (χ0) is 12.4. The van der Waals surface area contributed by atoms with E-state index in [4.69, 9.17) is 0 Å². The van der Waals surface area contributed by atoms with Crippen LogP contribution in [0.15, 0.2) is 53.9 Å². The van der Waals surface area contributed by atoms with Crippen LogP contribution in [0.5, 0.6) is 0 Å². The van der Waals surface area contributed by atoms with E-state index in [9.17, 15) is 0 Å². The third-order valence-corrected chi connectivity index (χ3v) is 4.06. The van der Waals surface area contributed by atoms with E-state index in [-0.39, 0.29) is 0 Å². The molecule has 0 spiro atoms. The van der Waals surface area contributed by atoms with Crippen LogP contribution in [-0.2, 0) is 6.54 Å². The number of fused-ring (bicyclic) bond motifs is 1. The van der Waals surface area contributed by atoms with Gasteiger partial charge in [0.25, 0.3) is 0 Å². The molecule has 0 bridgehead atoms. The summed E-state index contributed by atoms with van der Waals surface area (Å²) in [6, 6.07) is 17.4. The summed E-state index contributed by atoms with van der Waals surface area (Å²) in [5.74, 6) is 0. The van der Waals surface area contributed by atoms with E-state index < -0.39 is 0 Å². The van der Waals surface area contributed by atoms with Crippen LogP contribution in [0.2, 0.25) is 0 Å². The second kappa shape index (κ2) is 4.92. The zero-order valence-electron chi connectivity index (χ0n) is 10.3. The molecule has 2 heteroatoms. The molecule has 1 nitrogen and oxygen atoms in total. The Bertz CT molecular complexity index is 669. The van der Waals surface area contributed by atoms with Crippen molar-refractivity contribution in [3.05, 3.63) is 59.5 Å². The molecule has 2 aromatic carbocycles. The van der Waals surface area contributed by atoms with Crippen LogP contribution in [0.4, 0.5) is 0 Å². The van der Waals surface area contributed by atoms with Crippen molar-refractivity contribution in [3.63, 3.8) is 0 Å². The number of hydrogen-bond acceptors (Lipinski definition) is 2. The lowest BCUT2D eigenvalue weighted by molar-refractivity contribution is 0.818. The van der Waals surface area contributed by atoms with Crippen molar-refractivity contribution in [2.24, 2.45) is 0 Å². The first kappa shape index (κ1) is 11.5. The number of benzene rings is 2.